The molecule has 2 aliphatic rings. The first kappa shape index (κ1) is 25.6. The van der Waals surface area contributed by atoms with Crippen molar-refractivity contribution in [1.82, 2.24) is 15.1 Å². The molecule has 1 aromatic carbocycles. The Labute approximate surface area is 196 Å². The third-order valence-electron chi connectivity index (χ3n) is 6.00. The van der Waals surface area contributed by atoms with Gasteiger partial charge in [0.15, 0.2) is 11.6 Å². The fourth-order valence-corrected chi connectivity index (χ4v) is 4.51. The highest BCUT2D eigenvalue weighted by atomic mass is 19.2. The molecule has 3 rings (SSSR count). The van der Waals surface area contributed by atoms with Crippen LogP contribution >= 0.6 is 0 Å². The number of hydrogen-bond donors (Lipinski definition) is 1. The fraction of sp³-hybridized carbons (Fsp3) is 0.609. The number of ether oxygens (including phenoxy) is 2. The first-order valence-corrected chi connectivity index (χ1v) is 11.1. The molecule has 188 valence electrons. The van der Waals surface area contributed by atoms with Crippen LogP contribution in [0.4, 0.5) is 22.8 Å². The quantitative estimate of drug-likeness (QED) is 0.647. The predicted octanol–water partition coefficient (Wildman–Crippen LogP) is 3.23. The molecule has 2 saturated heterocycles. The van der Waals surface area contributed by atoms with Crippen LogP contribution in [0.3, 0.4) is 0 Å². The smallest absolute Gasteiger partial charge is 0.409 e. The lowest BCUT2D eigenvalue weighted by atomic mass is 10.0. The van der Waals surface area contributed by atoms with Crippen molar-refractivity contribution in [2.75, 3.05) is 26.7 Å². The van der Waals surface area contributed by atoms with Crippen molar-refractivity contribution in [1.29, 1.82) is 0 Å². The number of hydrogen-bond acceptors (Lipinski definition) is 5. The number of alkyl carbamates (subject to hydrolysis) is 1. The maximum Gasteiger partial charge on any atom is 0.409 e. The van der Waals surface area contributed by atoms with Crippen LogP contribution in [0, 0.1) is 23.4 Å². The molecule has 11 heteroatoms. The summed E-state index contributed by atoms with van der Waals surface area (Å²) < 4.78 is 51.3. The number of methoxy groups -OCH3 is 1. The Hall–Kier alpha value is -2.98. The molecule has 3 amide bonds. The highest BCUT2D eigenvalue weighted by Crippen LogP contribution is 2.32. The third kappa shape index (κ3) is 6.12. The molecule has 3 unspecified atom stereocenters. The van der Waals surface area contributed by atoms with Gasteiger partial charge in [0.05, 0.1) is 13.2 Å². The van der Waals surface area contributed by atoms with Gasteiger partial charge in [-0.15, -0.1) is 0 Å². The van der Waals surface area contributed by atoms with Crippen molar-refractivity contribution in [3.8, 4) is 0 Å². The van der Waals surface area contributed by atoms with Crippen LogP contribution in [-0.2, 0) is 20.7 Å². The summed E-state index contributed by atoms with van der Waals surface area (Å²) in [5.41, 5.74) is -0.986. The lowest BCUT2D eigenvalue weighted by Crippen LogP contribution is -2.46. The number of likely N-dealkylation sites (tertiary alicyclic amines) is 2. The first-order valence-electron chi connectivity index (χ1n) is 11.1. The van der Waals surface area contributed by atoms with E-state index >= 15 is 0 Å². The van der Waals surface area contributed by atoms with Gasteiger partial charge >= 0.3 is 12.2 Å². The van der Waals surface area contributed by atoms with Gasteiger partial charge in [0.1, 0.15) is 11.4 Å². The average molecular weight is 486 g/mol. The van der Waals surface area contributed by atoms with Crippen LogP contribution in [-0.4, -0.2) is 72.3 Å². The topological polar surface area (TPSA) is 88.2 Å². The SMILES string of the molecule is COC(=O)N1CC2CCN(C(=O)CC(Cc3cc(F)c(F)cc3F)NC(=O)OC(C)(C)C)C2C1. The number of rotatable bonds is 5. The highest BCUT2D eigenvalue weighted by molar-refractivity contribution is 5.79. The monoisotopic (exact) mass is 485 g/mol. The van der Waals surface area contributed by atoms with E-state index in [0.717, 1.165) is 6.07 Å². The van der Waals surface area contributed by atoms with Crippen LogP contribution in [0.1, 0.15) is 39.2 Å². The minimum atomic E-state index is -1.33. The van der Waals surface area contributed by atoms with Crippen LogP contribution in [0.2, 0.25) is 0 Å². The van der Waals surface area contributed by atoms with Gasteiger partial charge in [0, 0.05) is 44.1 Å². The minimum Gasteiger partial charge on any atom is -0.453 e. The van der Waals surface area contributed by atoms with Crippen LogP contribution < -0.4 is 5.32 Å². The van der Waals surface area contributed by atoms with Gasteiger partial charge in [0.2, 0.25) is 5.91 Å². The van der Waals surface area contributed by atoms with E-state index in [1.165, 1.54) is 7.11 Å². The zero-order chi connectivity index (χ0) is 25.2. The normalized spacial score (nSPS) is 20.7. The van der Waals surface area contributed by atoms with Gasteiger partial charge in [-0.25, -0.2) is 22.8 Å². The zero-order valence-electron chi connectivity index (χ0n) is 19.7. The van der Waals surface area contributed by atoms with E-state index in [-0.39, 0.29) is 36.3 Å². The Morgan fingerprint density at radius 3 is 2.44 bits per heavy atom. The van der Waals surface area contributed by atoms with Gasteiger partial charge < -0.3 is 24.6 Å². The largest absolute Gasteiger partial charge is 0.453 e. The summed E-state index contributed by atoms with van der Waals surface area (Å²) in [4.78, 5) is 40.6. The van der Waals surface area contributed by atoms with Gasteiger partial charge in [-0.05, 0) is 45.2 Å². The maximum atomic E-state index is 14.3. The lowest BCUT2D eigenvalue weighted by Gasteiger charge is -2.28. The Balaban J connectivity index is 1.74. The molecule has 8 nitrogen and oxygen atoms in total. The molecule has 34 heavy (non-hydrogen) atoms. The van der Waals surface area contributed by atoms with E-state index < -0.39 is 41.3 Å². The zero-order valence-corrected chi connectivity index (χ0v) is 19.7. The van der Waals surface area contributed by atoms with Crippen molar-refractivity contribution in [2.24, 2.45) is 5.92 Å². The summed E-state index contributed by atoms with van der Waals surface area (Å²) in [5.74, 6) is -3.72. The van der Waals surface area contributed by atoms with Gasteiger partial charge in [-0.2, -0.15) is 0 Å². The van der Waals surface area contributed by atoms with Gasteiger partial charge in [-0.3, -0.25) is 4.79 Å². The van der Waals surface area contributed by atoms with Crippen molar-refractivity contribution in [3.05, 3.63) is 35.1 Å². The molecule has 1 aromatic rings. The Bertz CT molecular complexity index is 953. The molecule has 2 heterocycles. The van der Waals surface area contributed by atoms with Crippen LogP contribution in [0.5, 0.6) is 0 Å². The molecule has 0 aliphatic carbocycles. The Morgan fingerprint density at radius 1 is 1.12 bits per heavy atom. The number of carbonyl (C=O) groups excluding carboxylic acids is 3. The van der Waals surface area contributed by atoms with Crippen molar-refractivity contribution in [2.45, 2.75) is 57.7 Å². The highest BCUT2D eigenvalue weighted by Gasteiger charge is 2.45. The molecule has 0 bridgehead atoms. The predicted molar refractivity (Wildman–Crippen MR) is 115 cm³/mol. The molecule has 2 aliphatic heterocycles. The molecule has 3 atom stereocenters. The molecule has 0 saturated carbocycles. The number of nitrogens with zero attached hydrogens (tertiary/aromatic N) is 2. The summed E-state index contributed by atoms with van der Waals surface area (Å²) in [5, 5.41) is 2.56. The molecule has 1 N–H and O–H groups in total. The summed E-state index contributed by atoms with van der Waals surface area (Å²) in [6.07, 6.45) is -1.01. The van der Waals surface area contributed by atoms with E-state index in [0.29, 0.717) is 32.1 Å². The van der Waals surface area contributed by atoms with E-state index in [9.17, 15) is 27.6 Å². The summed E-state index contributed by atoms with van der Waals surface area (Å²) >= 11 is 0. The molecular formula is C23H30F3N3O5. The van der Waals surface area contributed by atoms with Gasteiger partial charge in [-0.1, -0.05) is 0 Å². The number of nitrogens with one attached hydrogen (secondary N) is 1. The number of benzene rings is 1. The lowest BCUT2D eigenvalue weighted by molar-refractivity contribution is -0.132. The Morgan fingerprint density at radius 2 is 1.79 bits per heavy atom. The molecule has 0 spiro atoms. The molecule has 0 aromatic heterocycles. The van der Waals surface area contributed by atoms with Crippen molar-refractivity contribution in [3.63, 3.8) is 0 Å². The van der Waals surface area contributed by atoms with E-state index in [4.69, 9.17) is 9.47 Å². The number of amides is 3. The third-order valence-corrected chi connectivity index (χ3v) is 6.00. The Kier molecular flexibility index (Phi) is 7.62. The molecular weight excluding hydrogens is 455 g/mol. The molecule has 0 radical (unpaired) electrons. The second-order valence-electron chi connectivity index (χ2n) is 9.69. The van der Waals surface area contributed by atoms with E-state index in [2.05, 4.69) is 5.32 Å². The van der Waals surface area contributed by atoms with E-state index in [1.54, 1.807) is 30.6 Å². The van der Waals surface area contributed by atoms with Crippen LogP contribution in [0.25, 0.3) is 0 Å². The molecule has 2 fully saturated rings. The van der Waals surface area contributed by atoms with Crippen LogP contribution in [0.15, 0.2) is 12.1 Å². The first-order chi connectivity index (χ1) is 15.9. The van der Waals surface area contributed by atoms with E-state index in [1.807, 2.05) is 0 Å². The van der Waals surface area contributed by atoms with Gasteiger partial charge in [0.25, 0.3) is 0 Å². The van der Waals surface area contributed by atoms with Crippen molar-refractivity contribution < 1.29 is 37.0 Å². The summed E-state index contributed by atoms with van der Waals surface area (Å²) in [6, 6.07) is 0.0329. The summed E-state index contributed by atoms with van der Waals surface area (Å²) in [7, 11) is 1.30. The number of carbonyl (C=O) groups is 3. The average Bonchev–Trinajstić information content (AvgIpc) is 3.30. The summed E-state index contributed by atoms with van der Waals surface area (Å²) in [6.45, 7) is 6.31. The number of halogens is 3. The maximum absolute atomic E-state index is 14.3. The second kappa shape index (κ2) is 10.1. The number of fused-ring (bicyclic) bond motifs is 1. The fourth-order valence-electron chi connectivity index (χ4n) is 4.51. The van der Waals surface area contributed by atoms with Crippen molar-refractivity contribution >= 4 is 18.1 Å². The second-order valence-corrected chi connectivity index (χ2v) is 9.69. The standard InChI is InChI=1S/C23H30F3N3O5/c1-23(2,3)34-21(31)27-15(7-14-8-17(25)18(26)10-16(14)24)9-20(30)29-6-5-13-11-28(12-19(13)29)22(32)33-4/h8,10,13,15,19H,5-7,9,11-12H2,1-4H3,(H,27,31). The minimum absolute atomic E-state index is 0.115.